The molecule has 0 aromatic carbocycles. The zero-order valence-corrected chi connectivity index (χ0v) is 9.81. The van der Waals surface area contributed by atoms with E-state index in [2.05, 4.69) is 17.4 Å². The molecular weight excluding hydrogens is 220 g/mol. The smallest absolute Gasteiger partial charge is 0.266 e. The highest BCUT2D eigenvalue weighted by atomic mass is 32.2. The second-order valence-electron chi connectivity index (χ2n) is 3.97. The van der Waals surface area contributed by atoms with Gasteiger partial charge < -0.3 is 0 Å². The summed E-state index contributed by atoms with van der Waals surface area (Å²) in [6, 6.07) is 0. The molecule has 88 valence electrons. The molecule has 0 aliphatic rings. The van der Waals surface area contributed by atoms with Crippen LogP contribution in [0.5, 0.6) is 0 Å². The van der Waals surface area contributed by atoms with E-state index in [-0.39, 0.29) is 0 Å². The molecule has 0 unspecified atom stereocenters. The first kappa shape index (κ1) is 14.1. The second-order valence-corrected chi connectivity index (χ2v) is 5.42. The molecule has 0 radical (unpaired) electrons. The third-order valence-electron chi connectivity index (χ3n) is 1.45. The van der Waals surface area contributed by atoms with E-state index in [9.17, 15) is 13.2 Å². The zero-order valence-electron chi connectivity index (χ0n) is 8.99. The van der Waals surface area contributed by atoms with Crippen LogP contribution in [0.15, 0.2) is 12.2 Å². The maximum atomic E-state index is 11.1. The topological polar surface area (TPSA) is 95.5 Å². The van der Waals surface area contributed by atoms with E-state index in [1.807, 2.05) is 0 Å². The van der Waals surface area contributed by atoms with Crippen molar-refractivity contribution < 1.29 is 17.8 Å². The summed E-state index contributed by atoms with van der Waals surface area (Å²) in [5, 5.41) is 0. The number of hydrazine groups is 1. The lowest BCUT2D eigenvalue weighted by Gasteiger charge is -2.24. The largest absolute Gasteiger partial charge is 0.287 e. The third kappa shape index (κ3) is 7.06. The molecule has 0 saturated carbocycles. The lowest BCUT2D eigenvalue weighted by atomic mass is 10.1. The van der Waals surface area contributed by atoms with Gasteiger partial charge in [0.15, 0.2) is 0 Å². The standard InChI is InChI=1S/C8H16N2O4S/c1-6(2)7(11)9-10-8(3,4)5-15(12,13)14/h10H,1,5H2,2-4H3,(H,9,11)(H,12,13,14). The van der Waals surface area contributed by atoms with Crippen molar-refractivity contribution in [3.63, 3.8) is 0 Å². The SMILES string of the molecule is C=C(C)C(=O)NNC(C)(C)CS(=O)(=O)O. The van der Waals surface area contributed by atoms with Crippen LogP contribution < -0.4 is 10.9 Å². The van der Waals surface area contributed by atoms with Crippen molar-refractivity contribution in [1.29, 1.82) is 0 Å². The molecule has 0 aliphatic heterocycles. The van der Waals surface area contributed by atoms with E-state index in [1.165, 1.54) is 20.8 Å². The molecule has 0 aromatic rings. The summed E-state index contributed by atoms with van der Waals surface area (Å²) in [4.78, 5) is 11.1. The Morgan fingerprint density at radius 2 is 1.93 bits per heavy atom. The van der Waals surface area contributed by atoms with Gasteiger partial charge in [-0.2, -0.15) is 8.42 Å². The van der Waals surface area contributed by atoms with Crippen LogP contribution in [0.25, 0.3) is 0 Å². The van der Waals surface area contributed by atoms with Gasteiger partial charge in [-0.15, -0.1) is 0 Å². The van der Waals surface area contributed by atoms with Gasteiger partial charge in [0.2, 0.25) is 0 Å². The molecule has 0 aliphatic carbocycles. The minimum absolute atomic E-state index is 0.296. The highest BCUT2D eigenvalue weighted by molar-refractivity contribution is 7.85. The van der Waals surface area contributed by atoms with Gasteiger partial charge in [0.05, 0.1) is 5.75 Å². The Bertz CT molecular complexity index is 359. The van der Waals surface area contributed by atoms with Crippen LogP contribution in [0, 0.1) is 0 Å². The van der Waals surface area contributed by atoms with Crippen LogP contribution in [0.4, 0.5) is 0 Å². The number of hydrogen-bond acceptors (Lipinski definition) is 4. The van der Waals surface area contributed by atoms with E-state index >= 15 is 0 Å². The first-order chi connectivity index (χ1) is 6.53. The summed E-state index contributed by atoms with van der Waals surface area (Å²) < 4.78 is 29.9. The Morgan fingerprint density at radius 3 is 2.27 bits per heavy atom. The van der Waals surface area contributed by atoms with Gasteiger partial charge in [-0.1, -0.05) is 6.58 Å². The van der Waals surface area contributed by atoms with Crippen molar-refractivity contribution in [3.05, 3.63) is 12.2 Å². The van der Waals surface area contributed by atoms with Crippen LogP contribution in [0.3, 0.4) is 0 Å². The number of carbonyl (C=O) groups excluding carboxylic acids is 1. The lowest BCUT2D eigenvalue weighted by Crippen LogP contribution is -2.54. The van der Waals surface area contributed by atoms with Crippen molar-refractivity contribution in [2.75, 3.05) is 5.75 Å². The summed E-state index contributed by atoms with van der Waals surface area (Å²) in [7, 11) is -4.09. The fraction of sp³-hybridized carbons (Fsp3) is 0.625. The van der Waals surface area contributed by atoms with Gasteiger partial charge in [-0.05, 0) is 20.8 Å². The molecule has 0 heterocycles. The summed E-state index contributed by atoms with van der Waals surface area (Å²) >= 11 is 0. The quantitative estimate of drug-likeness (QED) is 0.350. The maximum Gasteiger partial charge on any atom is 0.266 e. The highest BCUT2D eigenvalue weighted by Gasteiger charge is 2.25. The molecule has 0 spiro atoms. The highest BCUT2D eigenvalue weighted by Crippen LogP contribution is 2.04. The molecule has 1 amide bonds. The molecule has 0 saturated heterocycles. The van der Waals surface area contributed by atoms with Crippen molar-refractivity contribution >= 4 is 16.0 Å². The molecule has 0 fully saturated rings. The van der Waals surface area contributed by atoms with Crippen LogP contribution in [-0.4, -0.2) is 30.2 Å². The molecule has 6 nitrogen and oxygen atoms in total. The molecule has 15 heavy (non-hydrogen) atoms. The average Bonchev–Trinajstić information content (AvgIpc) is 1.95. The predicted octanol–water partition coefficient (Wildman–Crippen LogP) is -0.150. The Labute approximate surface area is 89.5 Å². The summed E-state index contributed by atoms with van der Waals surface area (Å²) in [5.74, 6) is -0.936. The third-order valence-corrected chi connectivity index (χ3v) is 2.53. The molecule has 3 N–H and O–H groups in total. The number of amides is 1. The normalized spacial score (nSPS) is 12.3. The van der Waals surface area contributed by atoms with Crippen LogP contribution in [0.2, 0.25) is 0 Å². The first-order valence-corrected chi connectivity index (χ1v) is 5.82. The summed E-state index contributed by atoms with van der Waals surface area (Å²) in [6.45, 7) is 7.99. The number of carbonyl (C=O) groups is 1. The second kappa shape index (κ2) is 4.73. The van der Waals surface area contributed by atoms with Crippen LogP contribution in [-0.2, 0) is 14.9 Å². The molecule has 7 heteroatoms. The number of rotatable bonds is 5. The number of nitrogens with one attached hydrogen (secondary N) is 2. The minimum Gasteiger partial charge on any atom is -0.287 e. The van der Waals surface area contributed by atoms with Gasteiger partial charge in [0, 0.05) is 11.1 Å². The van der Waals surface area contributed by atoms with E-state index < -0.39 is 27.3 Å². The number of hydrogen-bond donors (Lipinski definition) is 3. The Balaban J connectivity index is 4.28. The van der Waals surface area contributed by atoms with Gasteiger partial charge >= 0.3 is 0 Å². The van der Waals surface area contributed by atoms with Crippen molar-refractivity contribution in [2.45, 2.75) is 26.3 Å². The van der Waals surface area contributed by atoms with E-state index in [1.54, 1.807) is 0 Å². The van der Waals surface area contributed by atoms with E-state index in [0.717, 1.165) is 0 Å². The Kier molecular flexibility index (Phi) is 4.44. The van der Waals surface area contributed by atoms with Gasteiger partial charge in [0.1, 0.15) is 0 Å². The van der Waals surface area contributed by atoms with Gasteiger partial charge in [0.25, 0.3) is 16.0 Å². The monoisotopic (exact) mass is 236 g/mol. The van der Waals surface area contributed by atoms with Gasteiger partial charge in [-0.3, -0.25) is 14.8 Å². The summed E-state index contributed by atoms with van der Waals surface area (Å²) in [5.41, 5.74) is 4.11. The molecule has 0 bridgehead atoms. The van der Waals surface area contributed by atoms with Crippen LogP contribution in [0.1, 0.15) is 20.8 Å². The maximum absolute atomic E-state index is 11.1. The van der Waals surface area contributed by atoms with E-state index in [0.29, 0.717) is 5.57 Å². The molecule has 0 rings (SSSR count). The average molecular weight is 236 g/mol. The first-order valence-electron chi connectivity index (χ1n) is 4.22. The van der Waals surface area contributed by atoms with Crippen molar-refractivity contribution in [2.24, 2.45) is 0 Å². The lowest BCUT2D eigenvalue weighted by molar-refractivity contribution is -0.118. The Morgan fingerprint density at radius 1 is 1.47 bits per heavy atom. The minimum atomic E-state index is -4.09. The Hall–Kier alpha value is -0.920. The molecule has 0 atom stereocenters. The fourth-order valence-corrected chi connectivity index (χ4v) is 1.81. The van der Waals surface area contributed by atoms with Crippen molar-refractivity contribution in [1.82, 2.24) is 10.9 Å². The van der Waals surface area contributed by atoms with Crippen LogP contribution >= 0.6 is 0 Å². The molecular formula is C8H16N2O4S. The molecule has 0 aromatic heterocycles. The fourth-order valence-electron chi connectivity index (χ4n) is 0.825. The van der Waals surface area contributed by atoms with Gasteiger partial charge in [-0.25, -0.2) is 5.43 Å². The van der Waals surface area contributed by atoms with Crippen molar-refractivity contribution in [3.8, 4) is 0 Å². The van der Waals surface area contributed by atoms with E-state index in [4.69, 9.17) is 4.55 Å². The zero-order chi connectivity index (χ0) is 12.3. The predicted molar refractivity (Wildman–Crippen MR) is 56.6 cm³/mol. The summed E-state index contributed by atoms with van der Waals surface area (Å²) in [6.07, 6.45) is 0.